The number of hydrogen-bond acceptors (Lipinski definition) is 3. The molecule has 0 saturated carbocycles. The van der Waals surface area contributed by atoms with Crippen LogP contribution in [0, 0.1) is 5.92 Å². The van der Waals surface area contributed by atoms with E-state index in [1.54, 1.807) is 0 Å². The quantitative estimate of drug-likeness (QED) is 0.911. The third kappa shape index (κ3) is 2.89. The molecule has 94 valence electrons. The van der Waals surface area contributed by atoms with E-state index < -0.39 is 0 Å². The summed E-state index contributed by atoms with van der Waals surface area (Å²) in [6.07, 6.45) is 2.19. The summed E-state index contributed by atoms with van der Waals surface area (Å²) in [6.45, 7) is 3.67. The molecule has 5 heteroatoms. The summed E-state index contributed by atoms with van der Waals surface area (Å²) in [6, 6.07) is 2.09. The lowest BCUT2D eigenvalue weighted by molar-refractivity contribution is 0.0665. The van der Waals surface area contributed by atoms with Crippen LogP contribution in [0.3, 0.4) is 0 Å². The molecule has 1 aromatic rings. The zero-order valence-corrected chi connectivity index (χ0v) is 12.3. The summed E-state index contributed by atoms with van der Waals surface area (Å²) < 4.78 is 0.899. The van der Waals surface area contributed by atoms with E-state index in [1.165, 1.54) is 11.3 Å². The van der Waals surface area contributed by atoms with Crippen molar-refractivity contribution in [3.05, 3.63) is 20.8 Å². The van der Waals surface area contributed by atoms with Crippen molar-refractivity contribution in [1.82, 2.24) is 4.90 Å². The van der Waals surface area contributed by atoms with Gasteiger partial charge in [0.25, 0.3) is 5.91 Å². The van der Waals surface area contributed by atoms with Crippen LogP contribution < -0.4 is 5.73 Å². The maximum Gasteiger partial charge on any atom is 0.265 e. The number of thiophene rings is 1. The summed E-state index contributed by atoms with van der Waals surface area (Å²) in [4.78, 5) is 15.1. The van der Waals surface area contributed by atoms with Crippen LogP contribution in [0.4, 0.5) is 0 Å². The average molecular weight is 317 g/mol. The van der Waals surface area contributed by atoms with Gasteiger partial charge in [-0.3, -0.25) is 4.79 Å². The van der Waals surface area contributed by atoms with Gasteiger partial charge in [-0.15, -0.1) is 11.3 Å². The van der Waals surface area contributed by atoms with Crippen LogP contribution in [0.25, 0.3) is 0 Å². The normalized spacial score (nSPS) is 22.5. The molecule has 2 heterocycles. The molecule has 2 rings (SSSR count). The fourth-order valence-electron chi connectivity index (χ4n) is 2.21. The second-order valence-corrected chi connectivity index (χ2v) is 6.38. The predicted octanol–water partition coefficient (Wildman–Crippen LogP) is 2.71. The van der Waals surface area contributed by atoms with Gasteiger partial charge in [-0.2, -0.15) is 0 Å². The molecule has 2 unspecified atom stereocenters. The number of nitrogens with two attached hydrogens (primary N) is 1. The molecular weight excluding hydrogens is 300 g/mol. The number of rotatable bonds is 2. The number of amides is 1. The minimum absolute atomic E-state index is 0.136. The Labute approximate surface area is 114 Å². The monoisotopic (exact) mass is 316 g/mol. The van der Waals surface area contributed by atoms with Crippen molar-refractivity contribution in [2.75, 3.05) is 13.1 Å². The largest absolute Gasteiger partial charge is 0.338 e. The van der Waals surface area contributed by atoms with Crippen LogP contribution in [0.5, 0.6) is 0 Å². The fraction of sp³-hybridized carbons (Fsp3) is 0.583. The van der Waals surface area contributed by atoms with E-state index in [9.17, 15) is 4.79 Å². The van der Waals surface area contributed by atoms with Gasteiger partial charge in [0.15, 0.2) is 0 Å². The Balaban J connectivity index is 2.07. The van der Waals surface area contributed by atoms with Crippen molar-refractivity contribution in [3.8, 4) is 0 Å². The van der Waals surface area contributed by atoms with Gasteiger partial charge in [-0.25, -0.2) is 0 Å². The Morgan fingerprint density at radius 2 is 2.47 bits per heavy atom. The average Bonchev–Trinajstić information content (AvgIpc) is 2.74. The molecule has 0 bridgehead atoms. The number of halogens is 1. The Morgan fingerprint density at radius 3 is 3.06 bits per heavy atom. The molecule has 2 atom stereocenters. The van der Waals surface area contributed by atoms with E-state index in [1.807, 2.05) is 23.3 Å². The number of nitrogens with zero attached hydrogens (tertiary/aromatic N) is 1. The molecule has 0 aliphatic carbocycles. The number of carbonyl (C=O) groups is 1. The van der Waals surface area contributed by atoms with E-state index in [0.29, 0.717) is 5.92 Å². The number of likely N-dealkylation sites (tertiary alicyclic amines) is 1. The highest BCUT2D eigenvalue weighted by Crippen LogP contribution is 2.27. The first kappa shape index (κ1) is 13.1. The summed E-state index contributed by atoms with van der Waals surface area (Å²) in [5.41, 5.74) is 5.93. The first-order valence-electron chi connectivity index (χ1n) is 5.87. The molecule has 17 heavy (non-hydrogen) atoms. The molecule has 1 aromatic heterocycles. The number of hydrogen-bond donors (Lipinski definition) is 1. The lowest BCUT2D eigenvalue weighted by Gasteiger charge is -2.34. The van der Waals surface area contributed by atoms with Crippen LogP contribution in [0.2, 0.25) is 0 Å². The zero-order valence-electron chi connectivity index (χ0n) is 9.86. The van der Waals surface area contributed by atoms with Crippen LogP contribution in [-0.4, -0.2) is 29.9 Å². The van der Waals surface area contributed by atoms with E-state index in [4.69, 9.17) is 5.73 Å². The molecule has 0 spiro atoms. The van der Waals surface area contributed by atoms with Crippen molar-refractivity contribution in [1.29, 1.82) is 0 Å². The topological polar surface area (TPSA) is 46.3 Å². The number of carbonyl (C=O) groups excluding carboxylic acids is 1. The summed E-state index contributed by atoms with van der Waals surface area (Å²) >= 11 is 4.91. The molecule has 0 radical (unpaired) electrons. The minimum Gasteiger partial charge on any atom is -0.338 e. The lowest BCUT2D eigenvalue weighted by atomic mass is 9.92. The van der Waals surface area contributed by atoms with Gasteiger partial charge in [0.1, 0.15) is 4.88 Å². The van der Waals surface area contributed by atoms with Gasteiger partial charge >= 0.3 is 0 Å². The second kappa shape index (κ2) is 5.50. The molecule has 1 aliphatic rings. The summed E-state index contributed by atoms with van der Waals surface area (Å²) in [7, 11) is 0. The van der Waals surface area contributed by atoms with Crippen LogP contribution >= 0.6 is 27.3 Å². The Bertz CT molecular complexity index is 405. The lowest BCUT2D eigenvalue weighted by Crippen LogP contribution is -2.44. The first-order chi connectivity index (χ1) is 8.09. The van der Waals surface area contributed by atoms with Crippen molar-refractivity contribution in [3.63, 3.8) is 0 Å². The minimum atomic E-state index is 0.136. The van der Waals surface area contributed by atoms with Crippen molar-refractivity contribution >= 4 is 33.2 Å². The van der Waals surface area contributed by atoms with Crippen LogP contribution in [-0.2, 0) is 0 Å². The smallest absolute Gasteiger partial charge is 0.265 e. The fourth-order valence-corrected chi connectivity index (χ4v) is 3.72. The first-order valence-corrected chi connectivity index (χ1v) is 7.54. The van der Waals surface area contributed by atoms with Crippen molar-refractivity contribution < 1.29 is 4.79 Å². The van der Waals surface area contributed by atoms with E-state index >= 15 is 0 Å². The highest BCUT2D eigenvalue weighted by Gasteiger charge is 2.27. The third-order valence-corrected chi connectivity index (χ3v) is 5.13. The Morgan fingerprint density at radius 1 is 1.71 bits per heavy atom. The molecule has 1 saturated heterocycles. The maximum atomic E-state index is 12.3. The molecule has 1 fully saturated rings. The van der Waals surface area contributed by atoms with Gasteiger partial charge in [0.2, 0.25) is 0 Å². The molecule has 3 nitrogen and oxygen atoms in total. The third-order valence-electron chi connectivity index (χ3n) is 3.30. The van der Waals surface area contributed by atoms with Crippen LogP contribution in [0.1, 0.15) is 29.4 Å². The van der Waals surface area contributed by atoms with Crippen molar-refractivity contribution in [2.24, 2.45) is 11.7 Å². The van der Waals surface area contributed by atoms with Crippen molar-refractivity contribution in [2.45, 2.75) is 25.8 Å². The van der Waals surface area contributed by atoms with E-state index in [2.05, 4.69) is 15.9 Å². The number of piperidine rings is 1. The van der Waals surface area contributed by atoms with E-state index in [-0.39, 0.29) is 11.9 Å². The molecule has 0 aromatic carbocycles. The van der Waals surface area contributed by atoms with Gasteiger partial charge in [-0.1, -0.05) is 0 Å². The van der Waals surface area contributed by atoms with Gasteiger partial charge in [0.05, 0.1) is 0 Å². The summed E-state index contributed by atoms with van der Waals surface area (Å²) in [5.74, 6) is 0.573. The Hall–Kier alpha value is -0.390. The predicted molar refractivity (Wildman–Crippen MR) is 74.3 cm³/mol. The zero-order chi connectivity index (χ0) is 12.4. The summed E-state index contributed by atoms with van der Waals surface area (Å²) in [5, 5.41) is 1.93. The second-order valence-electron chi connectivity index (χ2n) is 4.61. The highest BCUT2D eigenvalue weighted by atomic mass is 79.9. The van der Waals surface area contributed by atoms with E-state index in [0.717, 1.165) is 35.3 Å². The van der Waals surface area contributed by atoms with Gasteiger partial charge in [-0.05, 0) is 53.1 Å². The standard InChI is InChI=1S/C12H17BrN2OS/c1-8(14)9-3-2-5-15(7-9)12(16)11-10(13)4-6-17-11/h4,6,8-9H,2-3,5,7,14H2,1H3. The molecule has 1 amide bonds. The molecular formula is C12H17BrN2OS. The van der Waals surface area contributed by atoms with Crippen LogP contribution in [0.15, 0.2) is 15.9 Å². The molecule has 2 N–H and O–H groups in total. The Kier molecular flexibility index (Phi) is 4.22. The maximum absolute atomic E-state index is 12.3. The highest BCUT2D eigenvalue weighted by molar-refractivity contribution is 9.10. The molecule has 1 aliphatic heterocycles. The van der Waals surface area contributed by atoms with Gasteiger partial charge < -0.3 is 10.6 Å². The SMILES string of the molecule is CC(N)C1CCCN(C(=O)c2sccc2Br)C1. The van der Waals surface area contributed by atoms with Gasteiger partial charge in [0, 0.05) is 23.6 Å².